The molecule has 7 nitrogen and oxygen atoms in total. The third kappa shape index (κ3) is 5.67. The van der Waals surface area contributed by atoms with E-state index in [0.717, 1.165) is 0 Å². The van der Waals surface area contributed by atoms with Crippen LogP contribution in [0.4, 0.5) is 20.2 Å². The lowest BCUT2D eigenvalue weighted by Gasteiger charge is -2.34. The van der Waals surface area contributed by atoms with E-state index < -0.39 is 11.8 Å². The van der Waals surface area contributed by atoms with E-state index in [1.54, 1.807) is 31.4 Å². The van der Waals surface area contributed by atoms with E-state index in [-0.39, 0.29) is 42.2 Å². The fourth-order valence-electron chi connectivity index (χ4n) is 5.24. The maximum atomic E-state index is 15.1. The van der Waals surface area contributed by atoms with Gasteiger partial charge < -0.3 is 29.1 Å². The molecule has 0 spiro atoms. The second-order valence-electron chi connectivity index (χ2n) is 9.42. The molecular formula is C27H34F2N2O5. The zero-order valence-corrected chi connectivity index (χ0v) is 21.0. The van der Waals surface area contributed by atoms with Crippen LogP contribution in [0.2, 0.25) is 0 Å². The van der Waals surface area contributed by atoms with E-state index in [1.165, 1.54) is 12.1 Å². The van der Waals surface area contributed by atoms with Crippen molar-refractivity contribution in [3.8, 4) is 11.5 Å². The van der Waals surface area contributed by atoms with Crippen molar-refractivity contribution in [1.29, 1.82) is 0 Å². The van der Waals surface area contributed by atoms with Crippen LogP contribution < -0.4 is 19.3 Å². The summed E-state index contributed by atoms with van der Waals surface area (Å²) < 4.78 is 46.5. The summed E-state index contributed by atoms with van der Waals surface area (Å²) in [5.41, 5.74) is 1.11. The van der Waals surface area contributed by atoms with Crippen LogP contribution in [0.25, 0.3) is 0 Å². The summed E-state index contributed by atoms with van der Waals surface area (Å²) in [6.07, 6.45) is 0.883. The predicted molar refractivity (Wildman–Crippen MR) is 133 cm³/mol. The van der Waals surface area contributed by atoms with E-state index >= 15 is 4.39 Å². The molecule has 2 aliphatic rings. The van der Waals surface area contributed by atoms with Gasteiger partial charge in [-0.3, -0.25) is 4.79 Å². The molecule has 36 heavy (non-hydrogen) atoms. The van der Waals surface area contributed by atoms with Crippen LogP contribution in [0, 0.1) is 17.6 Å². The summed E-state index contributed by atoms with van der Waals surface area (Å²) in [4.78, 5) is 15.3. The van der Waals surface area contributed by atoms with E-state index in [1.807, 2.05) is 23.6 Å². The molecule has 9 heteroatoms. The molecule has 2 aromatic rings. The summed E-state index contributed by atoms with van der Waals surface area (Å²) in [5.74, 6) is -0.906. The van der Waals surface area contributed by atoms with E-state index in [2.05, 4.69) is 0 Å². The molecular weight excluding hydrogens is 470 g/mol. The number of carbonyl (C=O) groups is 1. The Morgan fingerprint density at radius 2 is 1.86 bits per heavy atom. The normalized spacial score (nSPS) is 22.6. The van der Waals surface area contributed by atoms with Gasteiger partial charge in [0.25, 0.3) is 0 Å². The van der Waals surface area contributed by atoms with Gasteiger partial charge in [0.1, 0.15) is 17.7 Å². The summed E-state index contributed by atoms with van der Waals surface area (Å²) in [5, 5.41) is 9.35. The highest BCUT2D eigenvalue weighted by molar-refractivity contribution is 5.69. The topological polar surface area (TPSA) is 71.5 Å². The predicted octanol–water partition coefficient (Wildman–Crippen LogP) is 4.73. The number of piperidine rings is 1. The van der Waals surface area contributed by atoms with Crippen molar-refractivity contribution in [2.45, 2.75) is 51.4 Å². The van der Waals surface area contributed by atoms with Crippen molar-refractivity contribution < 1.29 is 32.9 Å². The lowest BCUT2D eigenvalue weighted by molar-refractivity contribution is -0.137. The van der Waals surface area contributed by atoms with Gasteiger partial charge in [0.05, 0.1) is 24.8 Å². The van der Waals surface area contributed by atoms with Gasteiger partial charge in [-0.05, 0) is 31.2 Å². The number of nitrogens with zero attached hydrogens (tertiary/aromatic N) is 2. The number of hydrogen-bond acceptors (Lipinski definition) is 6. The van der Waals surface area contributed by atoms with Gasteiger partial charge in [-0.25, -0.2) is 8.78 Å². The Morgan fingerprint density at radius 1 is 1.11 bits per heavy atom. The first-order chi connectivity index (χ1) is 17.3. The minimum Gasteiger partial charge on any atom is -0.494 e. The minimum atomic E-state index is -0.898. The number of methoxy groups -OCH3 is 1. The Hall–Kier alpha value is -3.07. The van der Waals surface area contributed by atoms with Crippen LogP contribution in [0.15, 0.2) is 36.4 Å². The largest absolute Gasteiger partial charge is 0.494 e. The number of aliphatic carboxylic acids is 1. The molecule has 3 atom stereocenters. The van der Waals surface area contributed by atoms with Crippen LogP contribution in [0.5, 0.6) is 11.5 Å². The first-order valence-corrected chi connectivity index (χ1v) is 12.5. The van der Waals surface area contributed by atoms with Crippen LogP contribution in [-0.2, 0) is 9.53 Å². The number of ether oxygens (including phenoxy) is 3. The fourth-order valence-corrected chi connectivity index (χ4v) is 5.24. The first kappa shape index (κ1) is 26.0. The third-order valence-electron chi connectivity index (χ3n) is 7.21. The molecule has 2 aliphatic heterocycles. The first-order valence-electron chi connectivity index (χ1n) is 12.5. The number of hydrogen-bond donors (Lipinski definition) is 1. The van der Waals surface area contributed by atoms with Gasteiger partial charge in [0.2, 0.25) is 0 Å². The lowest BCUT2D eigenvalue weighted by atomic mass is 9.97. The lowest BCUT2D eigenvalue weighted by Crippen LogP contribution is -2.38. The van der Waals surface area contributed by atoms with Gasteiger partial charge >= 0.3 is 5.97 Å². The number of carboxylic acid groups (broad SMARTS) is 1. The maximum absolute atomic E-state index is 15.1. The molecule has 0 radical (unpaired) electrons. The molecule has 0 bridgehead atoms. The number of halogens is 2. The Labute approximate surface area is 210 Å². The van der Waals surface area contributed by atoms with E-state index in [9.17, 15) is 14.3 Å². The molecule has 0 unspecified atom stereocenters. The van der Waals surface area contributed by atoms with Crippen molar-refractivity contribution in [2.24, 2.45) is 5.92 Å². The molecule has 0 amide bonds. The second-order valence-corrected chi connectivity index (χ2v) is 9.42. The van der Waals surface area contributed by atoms with E-state index in [0.29, 0.717) is 56.2 Å². The second kappa shape index (κ2) is 11.3. The molecule has 0 aromatic heterocycles. The quantitative estimate of drug-likeness (QED) is 0.530. The molecule has 2 aromatic carbocycles. The third-order valence-corrected chi connectivity index (χ3v) is 7.21. The Kier molecular flexibility index (Phi) is 8.18. The summed E-state index contributed by atoms with van der Waals surface area (Å²) in [7, 11) is 1.61. The molecule has 196 valence electrons. The highest BCUT2D eigenvalue weighted by Crippen LogP contribution is 2.36. The van der Waals surface area contributed by atoms with Gasteiger partial charge in [-0.2, -0.15) is 0 Å². The summed E-state index contributed by atoms with van der Waals surface area (Å²) >= 11 is 0. The van der Waals surface area contributed by atoms with Crippen molar-refractivity contribution in [3.63, 3.8) is 0 Å². The summed E-state index contributed by atoms with van der Waals surface area (Å²) in [6, 6.07) is 9.22. The maximum Gasteiger partial charge on any atom is 0.305 e. The molecule has 0 aliphatic carbocycles. The minimum absolute atomic E-state index is 0.00524. The molecule has 1 N–H and O–H groups in total. The smallest absolute Gasteiger partial charge is 0.305 e. The van der Waals surface area contributed by atoms with Crippen LogP contribution in [0.1, 0.15) is 33.1 Å². The average Bonchev–Trinajstić information content (AvgIpc) is 3.17. The number of carboxylic acids is 1. The Morgan fingerprint density at radius 3 is 2.50 bits per heavy atom. The highest BCUT2D eigenvalue weighted by Gasteiger charge is 2.40. The van der Waals surface area contributed by atoms with Crippen molar-refractivity contribution in [2.75, 3.05) is 43.2 Å². The van der Waals surface area contributed by atoms with Crippen LogP contribution >= 0.6 is 0 Å². The standard InChI is InChI=1S/C27H34F2N2O5/c1-4-35-20-6-7-21(28)24(14-20)30-11-9-19(10-12-30)36-25-8-5-18(13-22(25)29)31-16-26(34-3)17(2)23(31)15-27(32)33/h5-8,13-14,17,19,23,26H,4,9-12,15-16H2,1-3H3,(H,32,33)/t17-,23-,26-/m0/s1. The SMILES string of the molecule is CCOc1ccc(F)c(N2CCC(Oc3ccc(N4C[C@H](OC)[C@@H](C)[C@@H]4CC(=O)O)cc3F)CC2)c1. The van der Waals surface area contributed by atoms with Gasteiger partial charge in [0, 0.05) is 69.4 Å². The van der Waals surface area contributed by atoms with Crippen molar-refractivity contribution >= 4 is 17.3 Å². The van der Waals surface area contributed by atoms with E-state index in [4.69, 9.17) is 14.2 Å². The molecule has 2 heterocycles. The van der Waals surface area contributed by atoms with Crippen molar-refractivity contribution in [3.05, 3.63) is 48.0 Å². The van der Waals surface area contributed by atoms with Gasteiger partial charge in [-0.15, -0.1) is 0 Å². The van der Waals surface area contributed by atoms with Crippen molar-refractivity contribution in [1.82, 2.24) is 0 Å². The number of anilines is 2. The zero-order chi connectivity index (χ0) is 25.8. The fraction of sp³-hybridized carbons (Fsp3) is 0.519. The average molecular weight is 505 g/mol. The summed E-state index contributed by atoms with van der Waals surface area (Å²) in [6.45, 7) is 6.01. The monoisotopic (exact) mass is 504 g/mol. The molecule has 0 saturated carbocycles. The van der Waals surface area contributed by atoms with Gasteiger partial charge in [-0.1, -0.05) is 6.92 Å². The zero-order valence-electron chi connectivity index (χ0n) is 21.0. The Bertz CT molecular complexity index is 1060. The molecule has 2 fully saturated rings. The molecule has 4 rings (SSSR count). The molecule has 2 saturated heterocycles. The highest BCUT2D eigenvalue weighted by atomic mass is 19.1. The van der Waals surface area contributed by atoms with Gasteiger partial charge in [0.15, 0.2) is 11.6 Å². The van der Waals surface area contributed by atoms with Crippen LogP contribution in [-0.4, -0.2) is 62.7 Å². The number of benzene rings is 2. The van der Waals surface area contributed by atoms with Crippen LogP contribution in [0.3, 0.4) is 0 Å². The number of rotatable bonds is 9. The Balaban J connectivity index is 1.40.